The Hall–Kier alpha value is -2.03. The van der Waals surface area contributed by atoms with Gasteiger partial charge in [-0.15, -0.1) is 0 Å². The van der Waals surface area contributed by atoms with Gasteiger partial charge in [-0.25, -0.2) is 9.18 Å². The van der Waals surface area contributed by atoms with Crippen LogP contribution in [0.15, 0.2) is 6.07 Å². The summed E-state index contributed by atoms with van der Waals surface area (Å²) in [4.78, 5) is 12.6. The van der Waals surface area contributed by atoms with E-state index in [-0.39, 0.29) is 18.1 Å². The van der Waals surface area contributed by atoms with Gasteiger partial charge in [0, 0.05) is 7.11 Å². The minimum absolute atomic E-state index is 0.0682. The van der Waals surface area contributed by atoms with Gasteiger partial charge in [-0.2, -0.15) is 13.2 Å². The quantitative estimate of drug-likeness (QED) is 0.393. The van der Waals surface area contributed by atoms with E-state index in [0.717, 1.165) is 13.8 Å². The molecule has 1 aromatic rings. The zero-order valence-corrected chi connectivity index (χ0v) is 16.3. The number of hydrogen-bond acceptors (Lipinski definition) is 5. The number of hydrogen-bond donors (Lipinski definition) is 0. The number of carbonyl (C=O) groups excluding carboxylic acids is 1. The molecule has 0 saturated carbocycles. The summed E-state index contributed by atoms with van der Waals surface area (Å²) in [6.07, 6.45) is -4.82. The van der Waals surface area contributed by atoms with Crippen LogP contribution in [0.1, 0.15) is 50.5 Å². The second kappa shape index (κ2) is 7.92. The smallest absolute Gasteiger partial charge is 0.427 e. The van der Waals surface area contributed by atoms with Crippen LogP contribution in [-0.2, 0) is 9.47 Å². The molecule has 0 spiro atoms. The average Bonchev–Trinajstić information content (AvgIpc) is 2.46. The molecule has 1 aromatic carbocycles. The second-order valence-corrected chi connectivity index (χ2v) is 7.37. The third-order valence-corrected chi connectivity index (χ3v) is 3.34. The molecular weight excluding hydrogens is 372 g/mol. The fraction of sp³-hybridized carbons (Fsp3) is 0.611. The largest absolute Gasteiger partial charge is 0.474 e. The van der Waals surface area contributed by atoms with Gasteiger partial charge in [0.1, 0.15) is 16.9 Å². The number of ether oxygens (including phenoxy) is 4. The fourth-order valence-electron chi connectivity index (χ4n) is 1.90. The highest BCUT2D eigenvalue weighted by molar-refractivity contribution is 5.96. The summed E-state index contributed by atoms with van der Waals surface area (Å²) in [5.74, 6) is -3.30. The topological polar surface area (TPSA) is 54.0 Å². The zero-order chi connectivity index (χ0) is 21.2. The summed E-state index contributed by atoms with van der Waals surface area (Å²) >= 11 is 0. The van der Waals surface area contributed by atoms with E-state index in [4.69, 9.17) is 18.9 Å². The van der Waals surface area contributed by atoms with Crippen molar-refractivity contribution >= 4 is 5.97 Å². The maximum atomic E-state index is 14.7. The van der Waals surface area contributed by atoms with E-state index in [1.54, 1.807) is 20.8 Å². The zero-order valence-electron chi connectivity index (χ0n) is 16.3. The van der Waals surface area contributed by atoms with Gasteiger partial charge in [0.05, 0.1) is 0 Å². The number of rotatable bonds is 6. The van der Waals surface area contributed by atoms with E-state index < -0.39 is 40.5 Å². The number of halogens is 4. The maximum absolute atomic E-state index is 14.7. The van der Waals surface area contributed by atoms with Crippen LogP contribution in [0.5, 0.6) is 11.5 Å². The Morgan fingerprint density at radius 1 is 1.11 bits per heavy atom. The van der Waals surface area contributed by atoms with Crippen LogP contribution in [-0.4, -0.2) is 37.3 Å². The van der Waals surface area contributed by atoms with Gasteiger partial charge >= 0.3 is 12.1 Å². The molecule has 0 aliphatic carbocycles. The molecule has 0 unspecified atom stereocenters. The van der Waals surface area contributed by atoms with Gasteiger partial charge in [-0.05, 0) is 53.2 Å². The monoisotopic (exact) mass is 396 g/mol. The highest BCUT2D eigenvalue weighted by Gasteiger charge is 2.51. The molecule has 0 saturated heterocycles. The van der Waals surface area contributed by atoms with Crippen molar-refractivity contribution in [1.82, 2.24) is 0 Å². The Kier molecular flexibility index (Phi) is 6.75. The fourth-order valence-corrected chi connectivity index (χ4v) is 1.90. The van der Waals surface area contributed by atoms with Gasteiger partial charge in [-0.1, -0.05) is 0 Å². The SMILES string of the molecule is COCOc1cc(C)c(F)c(OC(C)(C)C(F)(F)F)c1C(=O)OC(C)(C)C. The summed E-state index contributed by atoms with van der Waals surface area (Å²) in [6.45, 7) is 7.12. The number of alkyl halides is 3. The van der Waals surface area contributed by atoms with Crippen LogP contribution >= 0.6 is 0 Å². The normalized spacial score (nSPS) is 12.7. The predicted octanol–water partition coefficient (Wildman–Crippen LogP) is 4.79. The lowest BCUT2D eigenvalue weighted by Gasteiger charge is -2.31. The molecule has 9 heteroatoms. The first kappa shape index (κ1) is 23.0. The first-order valence-corrected chi connectivity index (χ1v) is 8.04. The Bertz CT molecular complexity index is 690. The van der Waals surface area contributed by atoms with Crippen LogP contribution in [0.25, 0.3) is 0 Å². The van der Waals surface area contributed by atoms with Crippen LogP contribution in [0.2, 0.25) is 0 Å². The summed E-state index contributed by atoms with van der Waals surface area (Å²) in [7, 11) is 1.31. The van der Waals surface area contributed by atoms with E-state index in [0.29, 0.717) is 0 Å². The Labute approximate surface area is 155 Å². The predicted molar refractivity (Wildman–Crippen MR) is 89.6 cm³/mol. The van der Waals surface area contributed by atoms with Crippen molar-refractivity contribution in [3.8, 4) is 11.5 Å². The minimum atomic E-state index is -4.82. The minimum Gasteiger partial charge on any atom is -0.474 e. The Balaban J connectivity index is 3.62. The summed E-state index contributed by atoms with van der Waals surface area (Å²) in [6, 6.07) is 1.17. The van der Waals surface area contributed by atoms with E-state index in [1.165, 1.54) is 20.1 Å². The highest BCUT2D eigenvalue weighted by atomic mass is 19.4. The lowest BCUT2D eigenvalue weighted by Crippen LogP contribution is -2.45. The third-order valence-electron chi connectivity index (χ3n) is 3.34. The Morgan fingerprint density at radius 3 is 2.11 bits per heavy atom. The molecule has 0 amide bonds. The molecule has 0 radical (unpaired) electrons. The van der Waals surface area contributed by atoms with Crippen molar-refractivity contribution in [3.05, 3.63) is 23.0 Å². The molecule has 0 atom stereocenters. The summed E-state index contributed by atoms with van der Waals surface area (Å²) < 4.78 is 74.6. The van der Waals surface area contributed by atoms with Crippen LogP contribution in [0.3, 0.4) is 0 Å². The lowest BCUT2D eigenvalue weighted by atomic mass is 10.1. The molecular formula is C18H24F4O5. The van der Waals surface area contributed by atoms with Crippen molar-refractivity contribution in [3.63, 3.8) is 0 Å². The van der Waals surface area contributed by atoms with Crippen molar-refractivity contribution in [2.45, 2.75) is 58.9 Å². The van der Waals surface area contributed by atoms with Gasteiger partial charge < -0.3 is 18.9 Å². The van der Waals surface area contributed by atoms with Gasteiger partial charge in [0.25, 0.3) is 0 Å². The lowest BCUT2D eigenvalue weighted by molar-refractivity contribution is -0.235. The molecule has 0 heterocycles. The number of benzene rings is 1. The number of carbonyl (C=O) groups is 1. The standard InChI is InChI=1S/C18H24F4O5/c1-10-8-11(25-9-24-7)12(15(23)27-16(2,3)4)14(13(10)19)26-17(5,6)18(20,21)22/h8H,9H2,1-7H3. The van der Waals surface area contributed by atoms with Gasteiger partial charge in [0.15, 0.2) is 24.0 Å². The van der Waals surface area contributed by atoms with E-state index in [9.17, 15) is 22.4 Å². The summed E-state index contributed by atoms with van der Waals surface area (Å²) in [5.41, 5.74) is -4.39. The van der Waals surface area contributed by atoms with E-state index in [2.05, 4.69) is 0 Å². The summed E-state index contributed by atoms with van der Waals surface area (Å²) in [5, 5.41) is 0. The molecule has 5 nitrogen and oxygen atoms in total. The number of aryl methyl sites for hydroxylation is 1. The first-order chi connectivity index (χ1) is 12.1. The number of methoxy groups -OCH3 is 1. The molecule has 0 aliphatic heterocycles. The Morgan fingerprint density at radius 2 is 1.67 bits per heavy atom. The van der Waals surface area contributed by atoms with E-state index >= 15 is 0 Å². The van der Waals surface area contributed by atoms with Crippen molar-refractivity contribution in [2.75, 3.05) is 13.9 Å². The number of esters is 1. The first-order valence-electron chi connectivity index (χ1n) is 8.04. The molecule has 1 rings (SSSR count). The van der Waals surface area contributed by atoms with Gasteiger partial charge in [0.2, 0.25) is 0 Å². The van der Waals surface area contributed by atoms with Crippen LogP contribution in [0, 0.1) is 12.7 Å². The molecule has 0 bridgehead atoms. The molecule has 0 fully saturated rings. The molecule has 0 aliphatic rings. The molecule has 0 N–H and O–H groups in total. The second-order valence-electron chi connectivity index (χ2n) is 7.37. The van der Waals surface area contributed by atoms with Crippen molar-refractivity contribution in [2.24, 2.45) is 0 Å². The van der Waals surface area contributed by atoms with E-state index in [1.807, 2.05) is 0 Å². The van der Waals surface area contributed by atoms with Gasteiger partial charge in [-0.3, -0.25) is 0 Å². The maximum Gasteiger partial charge on any atom is 0.427 e. The molecule has 154 valence electrons. The van der Waals surface area contributed by atoms with Crippen LogP contribution < -0.4 is 9.47 Å². The highest BCUT2D eigenvalue weighted by Crippen LogP contribution is 2.41. The van der Waals surface area contributed by atoms with Crippen molar-refractivity contribution in [1.29, 1.82) is 0 Å². The van der Waals surface area contributed by atoms with Crippen LogP contribution in [0.4, 0.5) is 17.6 Å². The van der Waals surface area contributed by atoms with Crippen molar-refractivity contribution < 1.29 is 41.3 Å². The molecule has 0 aromatic heterocycles. The molecule has 27 heavy (non-hydrogen) atoms. The average molecular weight is 396 g/mol. The third kappa shape index (κ3) is 5.72.